The minimum absolute atomic E-state index is 0.192. The van der Waals surface area contributed by atoms with E-state index in [-0.39, 0.29) is 5.69 Å². The van der Waals surface area contributed by atoms with Gasteiger partial charge in [-0.3, -0.25) is 9.13 Å². The van der Waals surface area contributed by atoms with Crippen LogP contribution in [-0.4, -0.2) is 58.3 Å². The predicted octanol–water partition coefficient (Wildman–Crippen LogP) is 4.11. The molecular weight excluding hydrogens is 494 g/mol. The summed E-state index contributed by atoms with van der Waals surface area (Å²) in [4.78, 5) is 33.9. The molecule has 0 unspecified atom stereocenters. The molecule has 1 fully saturated rings. The van der Waals surface area contributed by atoms with E-state index in [9.17, 15) is 9.59 Å². The van der Waals surface area contributed by atoms with Gasteiger partial charge >= 0.3 is 11.7 Å². The van der Waals surface area contributed by atoms with Gasteiger partial charge < -0.3 is 25.2 Å². The second kappa shape index (κ2) is 10.2. The van der Waals surface area contributed by atoms with Crippen LogP contribution in [0.5, 0.6) is 11.5 Å². The number of halogens is 1. The Morgan fingerprint density at radius 2 is 1.70 bits per heavy atom. The molecule has 11 heteroatoms. The summed E-state index contributed by atoms with van der Waals surface area (Å²) < 4.78 is 9.04. The summed E-state index contributed by atoms with van der Waals surface area (Å²) in [5.74, 6) is 0.990. The number of hydrogen-bond acceptors (Lipinski definition) is 6. The summed E-state index contributed by atoms with van der Waals surface area (Å²) in [6.07, 6.45) is 1.59. The van der Waals surface area contributed by atoms with E-state index in [4.69, 9.17) is 16.3 Å². The Balaban J connectivity index is 1.29. The third-order valence-corrected chi connectivity index (χ3v) is 6.64. The molecule has 2 amide bonds. The number of carbonyl (C=O) groups excluding carboxylic acids is 1. The number of benzene rings is 2. The molecule has 2 aromatic heterocycles. The van der Waals surface area contributed by atoms with Crippen LogP contribution >= 0.6 is 11.6 Å². The Morgan fingerprint density at radius 1 is 0.946 bits per heavy atom. The molecule has 192 valence electrons. The fourth-order valence-electron chi connectivity index (χ4n) is 4.43. The van der Waals surface area contributed by atoms with Gasteiger partial charge in [-0.15, -0.1) is 0 Å². The van der Waals surface area contributed by atoms with Crippen molar-refractivity contribution in [3.05, 3.63) is 70.2 Å². The molecule has 0 spiro atoms. The van der Waals surface area contributed by atoms with Gasteiger partial charge in [0.1, 0.15) is 11.3 Å². The number of fused-ring (bicyclic) bond motifs is 1. The number of anilines is 3. The number of nitrogens with one attached hydrogen (secondary N) is 2. The predicted molar refractivity (Wildman–Crippen MR) is 146 cm³/mol. The molecular formula is C26H28ClN7O3. The molecule has 0 radical (unpaired) electrons. The molecule has 37 heavy (non-hydrogen) atoms. The number of nitrogens with zero attached hydrogens (tertiary/aromatic N) is 5. The summed E-state index contributed by atoms with van der Waals surface area (Å²) >= 11 is 6.35. The Labute approximate surface area is 219 Å². The molecule has 5 rings (SSSR count). The quantitative estimate of drug-likeness (QED) is 0.410. The lowest BCUT2D eigenvalue weighted by Crippen LogP contribution is -2.44. The average Bonchev–Trinajstić information content (AvgIpc) is 3.09. The maximum atomic E-state index is 12.8. The number of likely N-dealkylation sites (N-methyl/N-ethyl adjacent to an activating group) is 1. The number of hydrogen-bond donors (Lipinski definition) is 2. The van der Waals surface area contributed by atoms with Crippen LogP contribution in [0.4, 0.5) is 21.9 Å². The summed E-state index contributed by atoms with van der Waals surface area (Å²) in [7, 11) is 5.44. The second-order valence-electron chi connectivity index (χ2n) is 9.08. The third-order valence-electron chi connectivity index (χ3n) is 6.42. The second-order valence-corrected chi connectivity index (χ2v) is 9.52. The van der Waals surface area contributed by atoms with Crippen molar-refractivity contribution in [1.29, 1.82) is 0 Å². The van der Waals surface area contributed by atoms with E-state index in [1.807, 2.05) is 12.1 Å². The molecule has 0 atom stereocenters. The van der Waals surface area contributed by atoms with Gasteiger partial charge in [0.2, 0.25) is 0 Å². The van der Waals surface area contributed by atoms with Crippen molar-refractivity contribution >= 4 is 45.9 Å². The van der Waals surface area contributed by atoms with Crippen LogP contribution < -0.4 is 26.0 Å². The highest BCUT2D eigenvalue weighted by atomic mass is 35.5. The van der Waals surface area contributed by atoms with E-state index in [1.54, 1.807) is 56.7 Å². The first-order valence-electron chi connectivity index (χ1n) is 11.9. The van der Waals surface area contributed by atoms with E-state index in [0.29, 0.717) is 39.1 Å². The third kappa shape index (κ3) is 5.25. The molecule has 0 saturated carbocycles. The van der Waals surface area contributed by atoms with Crippen LogP contribution in [0.25, 0.3) is 11.2 Å². The van der Waals surface area contributed by atoms with Crippen LogP contribution in [0, 0.1) is 0 Å². The number of urea groups is 1. The van der Waals surface area contributed by atoms with Gasteiger partial charge in [-0.2, -0.15) is 0 Å². The average molecular weight is 522 g/mol. The smallest absolute Gasteiger partial charge is 0.329 e. The highest BCUT2D eigenvalue weighted by molar-refractivity contribution is 6.31. The normalized spacial score (nSPS) is 14.1. The summed E-state index contributed by atoms with van der Waals surface area (Å²) in [6.45, 7) is 3.74. The Kier molecular flexibility index (Phi) is 6.77. The molecule has 1 aliphatic rings. The van der Waals surface area contributed by atoms with Gasteiger partial charge in [-0.05, 0) is 37.4 Å². The van der Waals surface area contributed by atoms with E-state index >= 15 is 0 Å². The molecule has 0 aliphatic carbocycles. The maximum Gasteiger partial charge on any atom is 0.329 e. The lowest BCUT2D eigenvalue weighted by molar-refractivity contribution is 0.262. The first-order valence-corrected chi connectivity index (χ1v) is 12.3. The Bertz CT molecular complexity index is 1520. The van der Waals surface area contributed by atoms with E-state index in [2.05, 4.69) is 32.5 Å². The number of ether oxygens (including phenoxy) is 1. The Hall–Kier alpha value is -4.02. The van der Waals surface area contributed by atoms with Crippen LogP contribution in [0.3, 0.4) is 0 Å². The van der Waals surface area contributed by atoms with E-state index in [1.165, 1.54) is 9.13 Å². The zero-order valence-electron chi connectivity index (χ0n) is 20.9. The number of amides is 2. The van der Waals surface area contributed by atoms with Crippen molar-refractivity contribution in [2.45, 2.75) is 0 Å². The van der Waals surface area contributed by atoms with Gasteiger partial charge in [-0.25, -0.2) is 14.6 Å². The Morgan fingerprint density at radius 3 is 2.49 bits per heavy atom. The summed E-state index contributed by atoms with van der Waals surface area (Å²) in [5.41, 5.74) is 3.05. The highest BCUT2D eigenvalue weighted by Gasteiger charge is 2.17. The zero-order valence-corrected chi connectivity index (χ0v) is 21.6. The number of carbonyl (C=O) groups is 1. The summed E-state index contributed by atoms with van der Waals surface area (Å²) in [5, 5.41) is 6.26. The SMILES string of the molecule is CN1CCN(c2cc(Cl)cc(NC(=O)Nc3cccc(Oc4ccnc5c4n(C)c(=O)n5C)c3)c2)CC1. The fourth-order valence-corrected chi connectivity index (χ4v) is 4.66. The van der Waals surface area contributed by atoms with Crippen LogP contribution in [0.1, 0.15) is 0 Å². The van der Waals surface area contributed by atoms with Crippen LogP contribution in [0.2, 0.25) is 5.02 Å². The number of imidazole rings is 1. The van der Waals surface area contributed by atoms with E-state index in [0.717, 1.165) is 31.9 Å². The number of aryl methyl sites for hydroxylation is 2. The first kappa shape index (κ1) is 24.7. The van der Waals surface area contributed by atoms with Crippen LogP contribution in [-0.2, 0) is 14.1 Å². The fraction of sp³-hybridized carbons (Fsp3) is 0.269. The molecule has 1 aliphatic heterocycles. The monoisotopic (exact) mass is 521 g/mol. The molecule has 2 aromatic carbocycles. The number of piperazine rings is 1. The number of rotatable bonds is 5. The molecule has 4 aromatic rings. The maximum absolute atomic E-state index is 12.8. The van der Waals surface area contributed by atoms with Crippen molar-refractivity contribution in [1.82, 2.24) is 19.0 Å². The lowest BCUT2D eigenvalue weighted by atomic mass is 10.2. The largest absolute Gasteiger partial charge is 0.455 e. The molecule has 0 bridgehead atoms. The number of pyridine rings is 1. The van der Waals surface area contributed by atoms with Crippen LogP contribution in [0.15, 0.2) is 59.5 Å². The molecule has 3 heterocycles. The number of aromatic nitrogens is 3. The van der Waals surface area contributed by atoms with Gasteiger partial charge in [0.25, 0.3) is 0 Å². The minimum atomic E-state index is -0.402. The van der Waals surface area contributed by atoms with Crippen molar-refractivity contribution < 1.29 is 9.53 Å². The summed E-state index contributed by atoms with van der Waals surface area (Å²) in [6, 6.07) is 13.9. The topological polar surface area (TPSA) is 96.7 Å². The molecule has 2 N–H and O–H groups in total. The minimum Gasteiger partial charge on any atom is -0.455 e. The van der Waals surface area contributed by atoms with Gasteiger partial charge in [0.05, 0.1) is 0 Å². The van der Waals surface area contributed by atoms with Crippen molar-refractivity contribution in [2.75, 3.05) is 48.8 Å². The lowest BCUT2D eigenvalue weighted by Gasteiger charge is -2.34. The van der Waals surface area contributed by atoms with Crippen molar-refractivity contribution in [3.63, 3.8) is 0 Å². The van der Waals surface area contributed by atoms with Gasteiger partial charge in [0.15, 0.2) is 11.4 Å². The van der Waals surface area contributed by atoms with E-state index < -0.39 is 6.03 Å². The molecule has 1 saturated heterocycles. The van der Waals surface area contributed by atoms with Gasteiger partial charge in [0, 0.05) is 80.7 Å². The van der Waals surface area contributed by atoms with Crippen molar-refractivity contribution in [2.24, 2.45) is 14.1 Å². The first-order chi connectivity index (χ1) is 17.8. The highest BCUT2D eigenvalue weighted by Crippen LogP contribution is 2.30. The zero-order chi connectivity index (χ0) is 26.1. The van der Waals surface area contributed by atoms with Gasteiger partial charge in [-0.1, -0.05) is 17.7 Å². The van der Waals surface area contributed by atoms with Crippen molar-refractivity contribution in [3.8, 4) is 11.5 Å². The standard InChI is InChI=1S/C26H28ClN7O3/c1-31-9-11-34(12-10-31)20-14-17(27)13-19(15-20)30-25(35)29-18-5-4-6-21(16-18)37-22-7-8-28-24-23(22)32(2)26(36)33(24)3/h4-8,13-16H,9-12H2,1-3H3,(H2,29,30,35). The molecule has 10 nitrogen and oxygen atoms in total.